The molecule has 0 aliphatic heterocycles. The number of hydrogen-bond acceptors (Lipinski definition) is 6. The van der Waals surface area contributed by atoms with Gasteiger partial charge >= 0.3 is 0 Å². The SMILES string of the molecule is Cc1nc(C(C)(C)O)c(N)n1Cc1ccc(-c2ccccc2-c2nnn(C(c3ccccc3)(c3ccccc3)c3ccccc3)n2)cc1. The van der Waals surface area contributed by atoms with E-state index in [2.05, 4.69) is 76.8 Å². The molecule has 0 unspecified atom stereocenters. The summed E-state index contributed by atoms with van der Waals surface area (Å²) < 4.78 is 1.93. The van der Waals surface area contributed by atoms with E-state index < -0.39 is 11.1 Å². The van der Waals surface area contributed by atoms with Gasteiger partial charge in [0.25, 0.3) is 0 Å². The van der Waals surface area contributed by atoms with Crippen LogP contribution in [-0.2, 0) is 17.7 Å². The summed E-state index contributed by atoms with van der Waals surface area (Å²) in [4.78, 5) is 6.28. The molecule has 2 aromatic heterocycles. The van der Waals surface area contributed by atoms with Gasteiger partial charge in [0, 0.05) is 5.56 Å². The highest BCUT2D eigenvalue weighted by atomic mass is 16.3. The minimum atomic E-state index is -1.12. The first-order chi connectivity index (χ1) is 23.3. The van der Waals surface area contributed by atoms with Crippen LogP contribution in [0.3, 0.4) is 0 Å². The van der Waals surface area contributed by atoms with Crippen LogP contribution in [0.4, 0.5) is 5.82 Å². The van der Waals surface area contributed by atoms with Crippen molar-refractivity contribution < 1.29 is 5.11 Å². The largest absolute Gasteiger partial charge is 0.384 e. The lowest BCUT2D eigenvalue weighted by molar-refractivity contribution is 0.0750. The number of nitrogens with two attached hydrogens (primary N) is 1. The van der Waals surface area contributed by atoms with Gasteiger partial charge in [0.05, 0.1) is 6.54 Å². The van der Waals surface area contributed by atoms with Crippen molar-refractivity contribution in [1.29, 1.82) is 0 Å². The summed E-state index contributed by atoms with van der Waals surface area (Å²) in [6.07, 6.45) is 0. The summed E-state index contributed by atoms with van der Waals surface area (Å²) in [7, 11) is 0. The molecule has 238 valence electrons. The highest BCUT2D eigenvalue weighted by molar-refractivity contribution is 5.80. The highest BCUT2D eigenvalue weighted by Crippen LogP contribution is 2.40. The normalized spacial score (nSPS) is 11.9. The molecule has 0 saturated carbocycles. The molecule has 7 rings (SSSR count). The van der Waals surface area contributed by atoms with E-state index in [0.717, 1.165) is 44.8 Å². The van der Waals surface area contributed by atoms with Crippen molar-refractivity contribution in [2.75, 3.05) is 5.73 Å². The van der Waals surface area contributed by atoms with Crippen molar-refractivity contribution in [2.24, 2.45) is 0 Å². The van der Waals surface area contributed by atoms with Crippen LogP contribution >= 0.6 is 0 Å². The molecule has 0 radical (unpaired) electrons. The summed E-state index contributed by atoms with van der Waals surface area (Å²) in [5.74, 6) is 1.76. The molecule has 0 amide bonds. The van der Waals surface area contributed by atoms with Crippen LogP contribution in [0.15, 0.2) is 140 Å². The molecular formula is C40H37N7O. The quantitative estimate of drug-likeness (QED) is 0.163. The number of anilines is 1. The molecule has 0 aliphatic carbocycles. The summed E-state index contributed by atoms with van der Waals surface area (Å²) in [5.41, 5.74) is 12.0. The lowest BCUT2D eigenvalue weighted by atomic mass is 9.77. The number of hydrogen-bond donors (Lipinski definition) is 2. The summed E-state index contributed by atoms with van der Waals surface area (Å²) in [6, 6.07) is 47.5. The van der Waals surface area contributed by atoms with E-state index in [1.165, 1.54) is 0 Å². The monoisotopic (exact) mass is 631 g/mol. The van der Waals surface area contributed by atoms with Gasteiger partial charge in [-0.05, 0) is 59.4 Å². The first kappa shape index (κ1) is 30.8. The Kier molecular flexibility index (Phi) is 7.94. The average Bonchev–Trinajstić information content (AvgIpc) is 3.72. The molecule has 0 saturated heterocycles. The van der Waals surface area contributed by atoms with Gasteiger partial charge in [-0.3, -0.25) is 0 Å². The Morgan fingerprint density at radius 1 is 0.667 bits per heavy atom. The summed E-state index contributed by atoms with van der Waals surface area (Å²) >= 11 is 0. The Labute approximate surface area is 280 Å². The van der Waals surface area contributed by atoms with Crippen LogP contribution in [0.1, 0.15) is 47.6 Å². The average molecular weight is 632 g/mol. The van der Waals surface area contributed by atoms with Crippen LogP contribution in [0.5, 0.6) is 0 Å². The molecule has 7 aromatic rings. The van der Waals surface area contributed by atoms with Gasteiger partial charge in [0.1, 0.15) is 22.9 Å². The second-order valence-electron chi connectivity index (χ2n) is 12.5. The zero-order valence-electron chi connectivity index (χ0n) is 27.2. The smallest absolute Gasteiger partial charge is 0.205 e. The molecule has 8 heteroatoms. The van der Waals surface area contributed by atoms with Crippen molar-refractivity contribution >= 4 is 5.82 Å². The highest BCUT2D eigenvalue weighted by Gasteiger charge is 2.41. The number of nitrogen functional groups attached to an aromatic ring is 1. The Bertz CT molecular complexity index is 2050. The molecule has 0 atom stereocenters. The van der Waals surface area contributed by atoms with Gasteiger partial charge in [-0.2, -0.15) is 0 Å². The number of imidazole rings is 1. The number of benzene rings is 5. The second-order valence-corrected chi connectivity index (χ2v) is 12.5. The third kappa shape index (κ3) is 5.46. The minimum Gasteiger partial charge on any atom is -0.384 e. The van der Waals surface area contributed by atoms with E-state index in [1.807, 2.05) is 84.3 Å². The number of tetrazole rings is 1. The van der Waals surface area contributed by atoms with Gasteiger partial charge in [-0.25, -0.2) is 4.98 Å². The number of rotatable bonds is 9. The Hall–Kier alpha value is -5.86. The van der Waals surface area contributed by atoms with E-state index >= 15 is 0 Å². The molecule has 0 aliphatic rings. The molecule has 8 nitrogen and oxygen atoms in total. The zero-order chi connectivity index (χ0) is 33.3. The summed E-state index contributed by atoms with van der Waals surface area (Å²) in [5, 5.41) is 25.1. The van der Waals surface area contributed by atoms with Crippen molar-refractivity contribution in [1.82, 2.24) is 29.8 Å². The van der Waals surface area contributed by atoms with Crippen LogP contribution in [0.2, 0.25) is 0 Å². The molecule has 0 spiro atoms. The first-order valence-corrected chi connectivity index (χ1v) is 16.0. The number of nitrogens with zero attached hydrogens (tertiary/aromatic N) is 6. The lowest BCUT2D eigenvalue weighted by Crippen LogP contribution is -2.39. The summed E-state index contributed by atoms with van der Waals surface area (Å²) in [6.45, 7) is 5.83. The molecule has 48 heavy (non-hydrogen) atoms. The van der Waals surface area contributed by atoms with Crippen molar-refractivity contribution in [3.63, 3.8) is 0 Å². The standard InChI is InChI=1S/C40H37N7O/c1-28-42-36(39(2,3)48)37(41)46(28)27-29-23-25-30(26-24-29)34-21-13-14-22-35(34)38-43-45-47(44-38)40(31-15-7-4-8-16-31,32-17-9-5-10-18-32)33-19-11-6-12-20-33/h4-26,48H,27,41H2,1-3H3. The van der Waals surface area contributed by atoms with Crippen LogP contribution < -0.4 is 5.73 Å². The third-order valence-electron chi connectivity index (χ3n) is 8.84. The molecule has 3 N–H and O–H groups in total. The van der Waals surface area contributed by atoms with Crippen molar-refractivity contribution in [3.05, 3.63) is 173 Å². The predicted molar refractivity (Wildman–Crippen MR) is 189 cm³/mol. The van der Waals surface area contributed by atoms with Gasteiger partial charge < -0.3 is 15.4 Å². The molecule has 0 fully saturated rings. The fourth-order valence-electron chi connectivity index (χ4n) is 6.48. The predicted octanol–water partition coefficient (Wildman–Crippen LogP) is 7.21. The van der Waals surface area contributed by atoms with Crippen molar-refractivity contribution in [3.8, 4) is 22.5 Å². The van der Waals surface area contributed by atoms with E-state index in [1.54, 1.807) is 18.6 Å². The van der Waals surface area contributed by atoms with E-state index in [4.69, 9.17) is 16.0 Å². The minimum absolute atomic E-state index is 0.473. The van der Waals surface area contributed by atoms with Crippen LogP contribution in [0, 0.1) is 6.92 Å². The zero-order valence-corrected chi connectivity index (χ0v) is 27.2. The Morgan fingerprint density at radius 3 is 1.67 bits per heavy atom. The molecule has 0 bridgehead atoms. The number of aliphatic hydroxyl groups is 1. The van der Waals surface area contributed by atoms with Gasteiger partial charge in [-0.15, -0.1) is 15.0 Å². The molecular weight excluding hydrogens is 594 g/mol. The van der Waals surface area contributed by atoms with E-state index in [0.29, 0.717) is 23.9 Å². The lowest BCUT2D eigenvalue weighted by Gasteiger charge is -2.34. The van der Waals surface area contributed by atoms with Gasteiger partial charge in [-0.1, -0.05) is 140 Å². The first-order valence-electron chi connectivity index (χ1n) is 16.0. The second kappa shape index (κ2) is 12.4. The number of aryl methyl sites for hydroxylation is 1. The van der Waals surface area contributed by atoms with E-state index in [-0.39, 0.29) is 0 Å². The maximum Gasteiger partial charge on any atom is 0.205 e. The Balaban J connectivity index is 1.29. The number of aromatic nitrogens is 6. The van der Waals surface area contributed by atoms with Gasteiger partial charge in [0.15, 0.2) is 5.54 Å². The van der Waals surface area contributed by atoms with Gasteiger partial charge in [0.2, 0.25) is 5.82 Å². The fraction of sp³-hybridized carbons (Fsp3) is 0.150. The third-order valence-corrected chi connectivity index (χ3v) is 8.84. The van der Waals surface area contributed by atoms with Crippen LogP contribution in [0.25, 0.3) is 22.5 Å². The van der Waals surface area contributed by atoms with E-state index in [9.17, 15) is 5.11 Å². The fourth-order valence-corrected chi connectivity index (χ4v) is 6.48. The maximum absolute atomic E-state index is 10.5. The maximum atomic E-state index is 10.5. The topological polar surface area (TPSA) is 108 Å². The molecule has 5 aromatic carbocycles. The van der Waals surface area contributed by atoms with Crippen LogP contribution in [-0.4, -0.2) is 34.9 Å². The Morgan fingerprint density at radius 2 is 1.17 bits per heavy atom. The van der Waals surface area contributed by atoms with Crippen molar-refractivity contribution in [2.45, 2.75) is 38.5 Å². The molecule has 2 heterocycles.